The van der Waals surface area contributed by atoms with Crippen molar-refractivity contribution >= 4 is 34.0 Å². The highest BCUT2D eigenvalue weighted by molar-refractivity contribution is 9.10. The summed E-state index contributed by atoms with van der Waals surface area (Å²) in [6.07, 6.45) is 6.61. The van der Waals surface area contributed by atoms with Crippen molar-refractivity contribution in [3.8, 4) is 5.75 Å². The molecule has 5 rings (SSSR count). The SMILES string of the molecule is Cc1ccc(COc2ccc(Br)cc2C=NN2C(=O)C3C4C=CC(C4)C3C2=O)cc1. The van der Waals surface area contributed by atoms with E-state index in [0.29, 0.717) is 17.9 Å². The lowest BCUT2D eigenvalue weighted by atomic mass is 9.85. The molecule has 2 aromatic rings. The summed E-state index contributed by atoms with van der Waals surface area (Å²) in [7, 11) is 0. The number of carbonyl (C=O) groups excluding carboxylic acids is 2. The summed E-state index contributed by atoms with van der Waals surface area (Å²) in [5.41, 5.74) is 2.96. The van der Waals surface area contributed by atoms with Crippen molar-refractivity contribution in [1.29, 1.82) is 0 Å². The summed E-state index contributed by atoms with van der Waals surface area (Å²) in [5, 5.41) is 5.35. The highest BCUT2D eigenvalue weighted by Crippen LogP contribution is 2.52. The second-order valence-corrected chi connectivity index (χ2v) is 9.10. The normalized spacial score (nSPS) is 26.8. The Morgan fingerprint density at radius 1 is 1.07 bits per heavy atom. The first-order valence-corrected chi connectivity index (χ1v) is 10.9. The molecule has 1 heterocycles. The number of aryl methyl sites for hydroxylation is 1. The number of benzene rings is 2. The third kappa shape index (κ3) is 3.29. The summed E-state index contributed by atoms with van der Waals surface area (Å²) >= 11 is 3.47. The first-order chi connectivity index (χ1) is 14.5. The molecule has 5 nitrogen and oxygen atoms in total. The molecule has 2 fully saturated rings. The molecular weight excluding hydrogens is 444 g/mol. The molecule has 3 aliphatic rings. The Kier molecular flexibility index (Phi) is 4.82. The molecule has 4 atom stereocenters. The van der Waals surface area contributed by atoms with E-state index in [1.807, 2.05) is 49.4 Å². The Labute approximate surface area is 183 Å². The molecule has 2 amide bonds. The van der Waals surface area contributed by atoms with Crippen LogP contribution < -0.4 is 4.74 Å². The zero-order chi connectivity index (χ0) is 20.8. The maximum Gasteiger partial charge on any atom is 0.254 e. The predicted molar refractivity (Wildman–Crippen MR) is 117 cm³/mol. The molecule has 0 radical (unpaired) electrons. The zero-order valence-corrected chi connectivity index (χ0v) is 18.1. The van der Waals surface area contributed by atoms with Gasteiger partial charge in [0.1, 0.15) is 12.4 Å². The fourth-order valence-electron chi connectivity index (χ4n) is 4.72. The van der Waals surface area contributed by atoms with E-state index in [4.69, 9.17) is 4.74 Å². The minimum atomic E-state index is -0.246. The molecule has 1 saturated carbocycles. The Hall–Kier alpha value is -2.73. The van der Waals surface area contributed by atoms with Gasteiger partial charge in [0.2, 0.25) is 0 Å². The van der Waals surface area contributed by atoms with Crippen LogP contribution in [0.3, 0.4) is 0 Å². The Bertz CT molecular complexity index is 1050. The van der Waals surface area contributed by atoms with E-state index in [2.05, 4.69) is 33.2 Å². The van der Waals surface area contributed by atoms with Crippen molar-refractivity contribution in [2.75, 3.05) is 0 Å². The van der Waals surface area contributed by atoms with Gasteiger partial charge < -0.3 is 4.74 Å². The predicted octanol–water partition coefficient (Wildman–Crippen LogP) is 4.48. The van der Waals surface area contributed by atoms with E-state index in [-0.39, 0.29) is 35.5 Å². The fourth-order valence-corrected chi connectivity index (χ4v) is 5.10. The van der Waals surface area contributed by atoms with Gasteiger partial charge in [0.05, 0.1) is 18.1 Å². The van der Waals surface area contributed by atoms with E-state index >= 15 is 0 Å². The van der Waals surface area contributed by atoms with Crippen LogP contribution in [0.2, 0.25) is 0 Å². The topological polar surface area (TPSA) is 59.0 Å². The lowest BCUT2D eigenvalue weighted by molar-refractivity contribution is -0.140. The molecule has 152 valence electrons. The number of allylic oxidation sites excluding steroid dienone is 2. The Morgan fingerprint density at radius 3 is 2.40 bits per heavy atom. The molecule has 6 heteroatoms. The highest BCUT2D eigenvalue weighted by atomic mass is 79.9. The van der Waals surface area contributed by atoms with Gasteiger partial charge in [-0.1, -0.05) is 57.9 Å². The first kappa shape index (κ1) is 19.2. The van der Waals surface area contributed by atoms with E-state index in [9.17, 15) is 9.59 Å². The fraction of sp³-hybridized carbons (Fsp3) is 0.292. The number of carbonyl (C=O) groups is 2. The number of ether oxygens (including phenoxy) is 1. The van der Waals surface area contributed by atoms with Crippen molar-refractivity contribution in [3.63, 3.8) is 0 Å². The number of amides is 2. The molecule has 0 N–H and O–H groups in total. The van der Waals surface area contributed by atoms with E-state index in [1.54, 1.807) is 6.21 Å². The van der Waals surface area contributed by atoms with Crippen molar-refractivity contribution in [1.82, 2.24) is 5.01 Å². The van der Waals surface area contributed by atoms with Crippen molar-refractivity contribution < 1.29 is 14.3 Å². The number of fused-ring (bicyclic) bond motifs is 5. The lowest BCUT2D eigenvalue weighted by Crippen LogP contribution is -2.28. The lowest BCUT2D eigenvalue weighted by Gasteiger charge is -2.13. The van der Waals surface area contributed by atoms with Gasteiger partial charge >= 0.3 is 0 Å². The standard InChI is InChI=1S/C24H21BrN2O3/c1-14-2-4-15(5-3-14)13-30-20-9-8-19(25)11-18(20)12-26-27-23(28)21-16-6-7-17(10-16)22(21)24(27)29/h2-9,11-12,16-17,21-22H,10,13H2,1H3. The Balaban J connectivity index is 1.35. The maximum absolute atomic E-state index is 12.8. The average molecular weight is 465 g/mol. The van der Waals surface area contributed by atoms with E-state index < -0.39 is 0 Å². The number of hydrazone groups is 1. The average Bonchev–Trinajstić information content (AvgIpc) is 3.41. The van der Waals surface area contributed by atoms with E-state index in [1.165, 1.54) is 5.56 Å². The number of hydrogen-bond donors (Lipinski definition) is 0. The summed E-state index contributed by atoms with van der Waals surface area (Å²) in [4.78, 5) is 25.6. The van der Waals surface area contributed by atoms with Crippen molar-refractivity contribution in [2.24, 2.45) is 28.8 Å². The van der Waals surface area contributed by atoms with Gasteiger partial charge in [0.15, 0.2) is 0 Å². The minimum Gasteiger partial charge on any atom is -0.488 e. The van der Waals surface area contributed by atoms with Crippen LogP contribution in [0.1, 0.15) is 23.1 Å². The number of rotatable bonds is 5. The quantitative estimate of drug-likeness (QED) is 0.372. The van der Waals surface area contributed by atoms with Crippen molar-refractivity contribution in [2.45, 2.75) is 20.0 Å². The molecule has 1 saturated heterocycles. The first-order valence-electron chi connectivity index (χ1n) is 10.1. The molecule has 1 aliphatic heterocycles. The van der Waals surface area contributed by atoms with Crippen LogP contribution in [0.25, 0.3) is 0 Å². The number of imide groups is 1. The molecule has 2 aromatic carbocycles. The molecular formula is C24H21BrN2O3. The van der Waals surface area contributed by atoms with Crippen molar-refractivity contribution in [3.05, 3.63) is 75.8 Å². The van der Waals surface area contributed by atoms with Gasteiger partial charge in [-0.15, -0.1) is 0 Å². The van der Waals surface area contributed by atoms with Gasteiger partial charge in [-0.25, -0.2) is 0 Å². The summed E-state index contributed by atoms with van der Waals surface area (Å²) in [6, 6.07) is 13.8. The number of halogens is 1. The third-order valence-electron chi connectivity index (χ3n) is 6.25. The molecule has 2 bridgehead atoms. The van der Waals surface area contributed by atoms with Gasteiger partial charge in [-0.3, -0.25) is 9.59 Å². The summed E-state index contributed by atoms with van der Waals surface area (Å²) in [6.45, 7) is 2.47. The van der Waals surface area contributed by atoms with Crippen LogP contribution in [0.15, 0.2) is 64.2 Å². The Morgan fingerprint density at radius 2 is 1.73 bits per heavy atom. The second-order valence-electron chi connectivity index (χ2n) is 8.19. The third-order valence-corrected chi connectivity index (χ3v) is 6.74. The van der Waals surface area contributed by atoms with Crippen LogP contribution in [0, 0.1) is 30.6 Å². The molecule has 4 unspecified atom stereocenters. The van der Waals surface area contributed by atoms with Crippen LogP contribution in [0.4, 0.5) is 0 Å². The van der Waals surface area contributed by atoms with Crippen LogP contribution in [-0.4, -0.2) is 23.0 Å². The van der Waals surface area contributed by atoms with Gasteiger partial charge in [0, 0.05) is 10.0 Å². The highest BCUT2D eigenvalue weighted by Gasteiger charge is 2.59. The van der Waals surface area contributed by atoms with Gasteiger partial charge in [-0.05, 0) is 48.9 Å². The van der Waals surface area contributed by atoms with Crippen LogP contribution in [0.5, 0.6) is 5.75 Å². The monoisotopic (exact) mass is 464 g/mol. The summed E-state index contributed by atoms with van der Waals surface area (Å²) in [5.74, 6) is 0.134. The number of nitrogens with zero attached hydrogens (tertiary/aromatic N) is 2. The maximum atomic E-state index is 12.8. The molecule has 2 aliphatic carbocycles. The van der Waals surface area contributed by atoms with Gasteiger partial charge in [-0.2, -0.15) is 10.1 Å². The van der Waals surface area contributed by atoms with E-state index in [0.717, 1.165) is 21.5 Å². The molecule has 0 aromatic heterocycles. The molecule has 0 spiro atoms. The zero-order valence-electron chi connectivity index (χ0n) is 16.5. The summed E-state index contributed by atoms with van der Waals surface area (Å²) < 4.78 is 6.86. The largest absolute Gasteiger partial charge is 0.488 e. The minimum absolute atomic E-state index is 0.177. The smallest absolute Gasteiger partial charge is 0.254 e. The van der Waals surface area contributed by atoms with Gasteiger partial charge in [0.25, 0.3) is 11.8 Å². The second kappa shape index (κ2) is 7.51. The molecule has 30 heavy (non-hydrogen) atoms. The number of hydrogen-bond acceptors (Lipinski definition) is 4. The van der Waals surface area contributed by atoms with Crippen LogP contribution >= 0.6 is 15.9 Å². The van der Waals surface area contributed by atoms with Crippen LogP contribution in [-0.2, 0) is 16.2 Å².